The molecule has 2 heterocycles. The van der Waals surface area contributed by atoms with Crippen LogP contribution in [0, 0.1) is 0 Å². The third kappa shape index (κ3) is 3.52. The Labute approximate surface area is 147 Å². The minimum atomic E-state index is -0.613. The standard InChI is InChI=1S/C20H22N2O3/c23-19-22(18-9-5-2-6-10-18)15-20(25-19)14-21(11-12-24-16-20)13-17-7-3-1-4-8-17/h1-10H,11-16H2/t20-/m0/s1. The molecule has 130 valence electrons. The maximum Gasteiger partial charge on any atom is 0.415 e. The summed E-state index contributed by atoms with van der Waals surface area (Å²) in [6.07, 6.45) is -0.295. The van der Waals surface area contributed by atoms with Gasteiger partial charge in [-0.05, 0) is 17.7 Å². The van der Waals surface area contributed by atoms with Crippen LogP contribution in [0.1, 0.15) is 5.56 Å². The van der Waals surface area contributed by atoms with Crippen LogP contribution in [0.15, 0.2) is 60.7 Å². The lowest BCUT2D eigenvalue weighted by Crippen LogP contribution is -2.47. The zero-order chi connectivity index (χ0) is 17.1. The van der Waals surface area contributed by atoms with Gasteiger partial charge in [0.05, 0.1) is 19.8 Å². The minimum absolute atomic E-state index is 0.295. The van der Waals surface area contributed by atoms with Crippen molar-refractivity contribution in [3.63, 3.8) is 0 Å². The molecule has 0 unspecified atom stereocenters. The fourth-order valence-electron chi connectivity index (χ4n) is 3.55. The molecule has 25 heavy (non-hydrogen) atoms. The molecular weight excluding hydrogens is 316 g/mol. The van der Waals surface area contributed by atoms with Crippen LogP contribution < -0.4 is 4.90 Å². The van der Waals surface area contributed by atoms with Crippen molar-refractivity contribution in [3.8, 4) is 0 Å². The van der Waals surface area contributed by atoms with Crippen molar-refractivity contribution in [3.05, 3.63) is 66.2 Å². The summed E-state index contributed by atoms with van der Waals surface area (Å²) in [4.78, 5) is 16.5. The molecule has 2 aliphatic rings. The van der Waals surface area contributed by atoms with Gasteiger partial charge in [-0.2, -0.15) is 0 Å². The number of benzene rings is 2. The Bertz CT molecular complexity index is 722. The van der Waals surface area contributed by atoms with E-state index in [1.807, 2.05) is 48.5 Å². The number of rotatable bonds is 3. The van der Waals surface area contributed by atoms with E-state index in [0.29, 0.717) is 26.3 Å². The fourth-order valence-corrected chi connectivity index (χ4v) is 3.55. The van der Waals surface area contributed by atoms with E-state index in [9.17, 15) is 4.79 Å². The monoisotopic (exact) mass is 338 g/mol. The van der Waals surface area contributed by atoms with Gasteiger partial charge >= 0.3 is 6.09 Å². The highest BCUT2D eigenvalue weighted by atomic mass is 16.6. The van der Waals surface area contributed by atoms with Crippen molar-refractivity contribution in [1.29, 1.82) is 0 Å². The molecule has 4 rings (SSSR count). The minimum Gasteiger partial charge on any atom is -0.437 e. The van der Waals surface area contributed by atoms with Crippen LogP contribution in [0.2, 0.25) is 0 Å². The summed E-state index contributed by atoms with van der Waals surface area (Å²) in [7, 11) is 0. The maximum atomic E-state index is 12.5. The predicted molar refractivity (Wildman–Crippen MR) is 95.5 cm³/mol. The molecule has 2 aliphatic heterocycles. The summed E-state index contributed by atoms with van der Waals surface area (Å²) in [5, 5.41) is 0. The molecule has 0 N–H and O–H groups in total. The van der Waals surface area contributed by atoms with E-state index in [1.54, 1.807) is 4.90 Å². The van der Waals surface area contributed by atoms with Gasteiger partial charge in [0.25, 0.3) is 0 Å². The molecule has 5 heteroatoms. The van der Waals surface area contributed by atoms with Gasteiger partial charge in [-0.3, -0.25) is 9.80 Å². The van der Waals surface area contributed by atoms with Crippen LogP contribution >= 0.6 is 0 Å². The zero-order valence-corrected chi connectivity index (χ0v) is 14.1. The quantitative estimate of drug-likeness (QED) is 0.863. The first-order valence-corrected chi connectivity index (χ1v) is 8.64. The van der Waals surface area contributed by atoms with E-state index < -0.39 is 5.60 Å². The zero-order valence-electron chi connectivity index (χ0n) is 14.1. The van der Waals surface area contributed by atoms with Gasteiger partial charge in [0.2, 0.25) is 0 Å². The second-order valence-electron chi connectivity index (χ2n) is 6.72. The van der Waals surface area contributed by atoms with E-state index in [-0.39, 0.29) is 6.09 Å². The second kappa shape index (κ2) is 6.86. The van der Waals surface area contributed by atoms with Crippen molar-refractivity contribution in [1.82, 2.24) is 4.90 Å². The Morgan fingerprint density at radius 3 is 2.44 bits per heavy atom. The number of carbonyl (C=O) groups is 1. The van der Waals surface area contributed by atoms with Crippen LogP contribution in [0.25, 0.3) is 0 Å². The lowest BCUT2D eigenvalue weighted by molar-refractivity contribution is -0.0154. The lowest BCUT2D eigenvalue weighted by Gasteiger charge is -2.29. The first-order chi connectivity index (χ1) is 12.2. The Hall–Kier alpha value is -2.37. The van der Waals surface area contributed by atoms with Gasteiger partial charge in [0.1, 0.15) is 0 Å². The van der Waals surface area contributed by atoms with Crippen LogP contribution in [-0.2, 0) is 16.0 Å². The van der Waals surface area contributed by atoms with Gasteiger partial charge in [0, 0.05) is 25.3 Å². The van der Waals surface area contributed by atoms with Crippen molar-refractivity contribution in [2.45, 2.75) is 12.1 Å². The molecule has 0 saturated carbocycles. The number of hydrogen-bond acceptors (Lipinski definition) is 4. The summed E-state index contributed by atoms with van der Waals surface area (Å²) in [5.41, 5.74) is 1.50. The normalized spacial score (nSPS) is 24.3. The average Bonchev–Trinajstić information content (AvgIpc) is 2.83. The number of nitrogens with zero attached hydrogens (tertiary/aromatic N) is 2. The Kier molecular flexibility index (Phi) is 4.42. The molecule has 0 aromatic heterocycles. The molecule has 1 spiro atoms. The van der Waals surface area contributed by atoms with Gasteiger partial charge in [-0.15, -0.1) is 0 Å². The highest BCUT2D eigenvalue weighted by Crippen LogP contribution is 2.30. The molecule has 0 aliphatic carbocycles. The molecule has 1 amide bonds. The number of ether oxygens (including phenoxy) is 2. The third-order valence-electron chi connectivity index (χ3n) is 4.72. The van der Waals surface area contributed by atoms with Crippen LogP contribution in [0.3, 0.4) is 0 Å². The second-order valence-corrected chi connectivity index (χ2v) is 6.72. The number of carbonyl (C=O) groups excluding carboxylic acids is 1. The third-order valence-corrected chi connectivity index (χ3v) is 4.72. The molecule has 2 fully saturated rings. The number of anilines is 1. The Morgan fingerprint density at radius 1 is 0.960 bits per heavy atom. The van der Waals surface area contributed by atoms with E-state index in [4.69, 9.17) is 9.47 Å². The molecular formula is C20H22N2O3. The van der Waals surface area contributed by atoms with Gasteiger partial charge in [-0.25, -0.2) is 4.79 Å². The number of amides is 1. The topological polar surface area (TPSA) is 42.0 Å². The summed E-state index contributed by atoms with van der Waals surface area (Å²) in [5.74, 6) is 0. The van der Waals surface area contributed by atoms with Crippen LogP contribution in [0.4, 0.5) is 10.5 Å². The van der Waals surface area contributed by atoms with E-state index >= 15 is 0 Å². The first kappa shape index (κ1) is 16.1. The van der Waals surface area contributed by atoms with Crippen molar-refractivity contribution in [2.75, 3.05) is 37.7 Å². The maximum absolute atomic E-state index is 12.5. The summed E-state index contributed by atoms with van der Waals surface area (Å²) in [6, 6.07) is 20.0. The molecule has 5 nitrogen and oxygen atoms in total. The van der Waals surface area contributed by atoms with Crippen molar-refractivity contribution in [2.24, 2.45) is 0 Å². The molecule has 2 aromatic rings. The molecule has 0 bridgehead atoms. The molecule has 2 aromatic carbocycles. The summed E-state index contributed by atoms with van der Waals surface area (Å²) in [6.45, 7) is 3.94. The van der Waals surface area contributed by atoms with Gasteiger partial charge < -0.3 is 9.47 Å². The SMILES string of the molecule is O=C1O[C@]2(COCCN(Cc3ccccc3)C2)CN1c1ccccc1. The van der Waals surface area contributed by atoms with Crippen molar-refractivity contribution < 1.29 is 14.3 Å². The van der Waals surface area contributed by atoms with E-state index in [0.717, 1.165) is 18.8 Å². The van der Waals surface area contributed by atoms with E-state index in [2.05, 4.69) is 17.0 Å². The van der Waals surface area contributed by atoms with Gasteiger partial charge in [-0.1, -0.05) is 48.5 Å². The fraction of sp³-hybridized carbons (Fsp3) is 0.350. The average molecular weight is 338 g/mol. The number of hydrogen-bond donors (Lipinski definition) is 0. The molecule has 1 atom stereocenters. The molecule has 0 radical (unpaired) electrons. The Balaban J connectivity index is 1.51. The van der Waals surface area contributed by atoms with Crippen LogP contribution in [0.5, 0.6) is 0 Å². The summed E-state index contributed by atoms with van der Waals surface area (Å²) < 4.78 is 11.6. The van der Waals surface area contributed by atoms with Crippen molar-refractivity contribution >= 4 is 11.8 Å². The first-order valence-electron chi connectivity index (χ1n) is 8.64. The highest BCUT2D eigenvalue weighted by Gasteiger charge is 2.48. The smallest absolute Gasteiger partial charge is 0.415 e. The molecule has 2 saturated heterocycles. The summed E-state index contributed by atoms with van der Waals surface area (Å²) >= 11 is 0. The number of para-hydroxylation sites is 1. The highest BCUT2D eigenvalue weighted by molar-refractivity contribution is 5.90. The van der Waals surface area contributed by atoms with Crippen LogP contribution in [-0.4, -0.2) is 49.4 Å². The van der Waals surface area contributed by atoms with E-state index in [1.165, 1.54) is 5.56 Å². The largest absolute Gasteiger partial charge is 0.437 e. The van der Waals surface area contributed by atoms with Gasteiger partial charge in [0.15, 0.2) is 5.60 Å². The predicted octanol–water partition coefficient (Wildman–Crippen LogP) is 2.91. The Morgan fingerprint density at radius 2 is 1.68 bits per heavy atom. The lowest BCUT2D eigenvalue weighted by atomic mass is 10.0.